The van der Waals surface area contributed by atoms with Crippen molar-refractivity contribution in [2.75, 3.05) is 26.2 Å². The summed E-state index contributed by atoms with van der Waals surface area (Å²) in [5.74, 6) is 1.04. The SMILES string of the molecule is CCC1NC(C2CCCC2)N(CCN2CCCCC2)C1=O. The zero-order valence-corrected chi connectivity index (χ0v) is 13.5. The largest absolute Gasteiger partial charge is 0.324 e. The number of nitrogens with one attached hydrogen (secondary N) is 1. The van der Waals surface area contributed by atoms with Crippen LogP contribution in [0.4, 0.5) is 0 Å². The van der Waals surface area contributed by atoms with E-state index in [0.717, 1.165) is 19.5 Å². The minimum absolute atomic E-state index is 0.0666. The van der Waals surface area contributed by atoms with E-state index in [4.69, 9.17) is 0 Å². The summed E-state index contributed by atoms with van der Waals surface area (Å²) >= 11 is 0. The maximum absolute atomic E-state index is 12.6. The van der Waals surface area contributed by atoms with Gasteiger partial charge in [-0.1, -0.05) is 26.2 Å². The Morgan fingerprint density at radius 3 is 2.43 bits per heavy atom. The van der Waals surface area contributed by atoms with Crippen LogP contribution in [0.15, 0.2) is 0 Å². The molecule has 2 heterocycles. The lowest BCUT2D eigenvalue weighted by molar-refractivity contribution is -0.130. The minimum Gasteiger partial charge on any atom is -0.324 e. The minimum atomic E-state index is 0.0666. The fourth-order valence-corrected chi connectivity index (χ4v) is 4.34. The molecule has 1 N–H and O–H groups in total. The smallest absolute Gasteiger partial charge is 0.241 e. The third-order valence-corrected chi connectivity index (χ3v) is 5.65. The van der Waals surface area contributed by atoms with Gasteiger partial charge in [-0.2, -0.15) is 0 Å². The number of hydrogen-bond donors (Lipinski definition) is 1. The summed E-state index contributed by atoms with van der Waals surface area (Å²) in [6, 6.07) is 0.0666. The molecule has 2 atom stereocenters. The second-order valence-corrected chi connectivity index (χ2v) is 7.05. The molecule has 1 saturated carbocycles. The summed E-state index contributed by atoms with van der Waals surface area (Å²) in [6.45, 7) is 6.55. The van der Waals surface area contributed by atoms with E-state index in [1.807, 2.05) is 0 Å². The molecule has 0 aromatic carbocycles. The number of amides is 1. The Kier molecular flexibility index (Phi) is 5.17. The van der Waals surface area contributed by atoms with Crippen molar-refractivity contribution in [2.24, 2.45) is 5.92 Å². The van der Waals surface area contributed by atoms with Crippen LogP contribution >= 0.6 is 0 Å². The third-order valence-electron chi connectivity index (χ3n) is 5.65. The lowest BCUT2D eigenvalue weighted by Crippen LogP contribution is -2.46. The maximum Gasteiger partial charge on any atom is 0.241 e. The summed E-state index contributed by atoms with van der Waals surface area (Å²) in [4.78, 5) is 17.3. The Bertz CT molecular complexity index is 348. The Hall–Kier alpha value is -0.610. The van der Waals surface area contributed by atoms with E-state index in [-0.39, 0.29) is 6.04 Å². The van der Waals surface area contributed by atoms with Gasteiger partial charge in [0.05, 0.1) is 12.2 Å². The monoisotopic (exact) mass is 293 g/mol. The van der Waals surface area contributed by atoms with Gasteiger partial charge in [0.15, 0.2) is 0 Å². The highest BCUT2D eigenvalue weighted by Gasteiger charge is 2.42. The molecule has 0 spiro atoms. The van der Waals surface area contributed by atoms with Gasteiger partial charge < -0.3 is 9.80 Å². The first kappa shape index (κ1) is 15.3. The lowest BCUT2D eigenvalue weighted by Gasteiger charge is -2.32. The molecule has 4 heteroatoms. The average Bonchev–Trinajstić information content (AvgIpc) is 3.14. The van der Waals surface area contributed by atoms with E-state index in [1.54, 1.807) is 0 Å². The number of piperidine rings is 1. The molecule has 21 heavy (non-hydrogen) atoms. The average molecular weight is 293 g/mol. The predicted molar refractivity (Wildman–Crippen MR) is 85.0 cm³/mol. The highest BCUT2D eigenvalue weighted by Crippen LogP contribution is 2.32. The van der Waals surface area contributed by atoms with Crippen LogP contribution < -0.4 is 5.32 Å². The van der Waals surface area contributed by atoms with Gasteiger partial charge in [0.1, 0.15) is 0 Å². The molecule has 0 bridgehead atoms. The highest BCUT2D eigenvalue weighted by atomic mass is 16.2. The maximum atomic E-state index is 12.6. The summed E-state index contributed by atoms with van der Waals surface area (Å²) in [5.41, 5.74) is 0. The topological polar surface area (TPSA) is 35.6 Å². The number of nitrogens with zero attached hydrogens (tertiary/aromatic N) is 2. The van der Waals surface area contributed by atoms with Crippen molar-refractivity contribution in [1.82, 2.24) is 15.1 Å². The first-order valence-electron chi connectivity index (χ1n) is 9.08. The van der Waals surface area contributed by atoms with Crippen molar-refractivity contribution in [3.63, 3.8) is 0 Å². The second kappa shape index (κ2) is 7.10. The summed E-state index contributed by atoms with van der Waals surface area (Å²) in [5, 5.41) is 3.63. The molecule has 0 aromatic heterocycles. The summed E-state index contributed by atoms with van der Waals surface area (Å²) < 4.78 is 0. The lowest BCUT2D eigenvalue weighted by atomic mass is 10.0. The van der Waals surface area contributed by atoms with Crippen LogP contribution in [0, 0.1) is 5.92 Å². The zero-order valence-electron chi connectivity index (χ0n) is 13.5. The molecule has 0 radical (unpaired) electrons. The van der Waals surface area contributed by atoms with Crippen LogP contribution in [-0.4, -0.2) is 54.1 Å². The third kappa shape index (κ3) is 3.42. The molecule has 2 saturated heterocycles. The van der Waals surface area contributed by atoms with Crippen LogP contribution in [-0.2, 0) is 4.79 Å². The predicted octanol–water partition coefficient (Wildman–Crippen LogP) is 2.20. The first-order chi connectivity index (χ1) is 10.3. The number of hydrogen-bond acceptors (Lipinski definition) is 3. The molecule has 4 nitrogen and oxygen atoms in total. The van der Waals surface area contributed by atoms with Crippen LogP contribution in [0.1, 0.15) is 58.3 Å². The van der Waals surface area contributed by atoms with Crippen molar-refractivity contribution in [3.05, 3.63) is 0 Å². The summed E-state index contributed by atoms with van der Waals surface area (Å²) in [7, 11) is 0. The fourth-order valence-electron chi connectivity index (χ4n) is 4.34. The van der Waals surface area contributed by atoms with E-state index in [1.165, 1.54) is 58.0 Å². The van der Waals surface area contributed by atoms with Crippen molar-refractivity contribution < 1.29 is 4.79 Å². The number of carbonyl (C=O) groups is 1. The molecule has 3 aliphatic rings. The Morgan fingerprint density at radius 2 is 1.76 bits per heavy atom. The molecule has 3 fully saturated rings. The van der Waals surface area contributed by atoms with Gasteiger partial charge in [-0.25, -0.2) is 0 Å². The molecule has 1 aliphatic carbocycles. The Morgan fingerprint density at radius 1 is 1.05 bits per heavy atom. The van der Waals surface area contributed by atoms with Gasteiger partial charge >= 0.3 is 0 Å². The molecule has 3 rings (SSSR count). The molecule has 0 aromatic rings. The molecule has 1 amide bonds. The van der Waals surface area contributed by atoms with Crippen LogP contribution in [0.25, 0.3) is 0 Å². The highest BCUT2D eigenvalue weighted by molar-refractivity contribution is 5.84. The number of rotatable bonds is 5. The standard InChI is InChI=1S/C17H31N3O/c1-2-15-17(21)20(13-12-19-10-6-3-7-11-19)16(18-15)14-8-4-5-9-14/h14-16,18H,2-13H2,1H3. The zero-order chi connectivity index (χ0) is 14.7. The van der Waals surface area contributed by atoms with Gasteiger partial charge in [-0.05, 0) is 51.1 Å². The van der Waals surface area contributed by atoms with Gasteiger partial charge in [0.25, 0.3) is 0 Å². The second-order valence-electron chi connectivity index (χ2n) is 7.05. The van der Waals surface area contributed by atoms with E-state index >= 15 is 0 Å². The first-order valence-corrected chi connectivity index (χ1v) is 9.08. The van der Waals surface area contributed by atoms with Crippen molar-refractivity contribution in [1.29, 1.82) is 0 Å². The van der Waals surface area contributed by atoms with E-state index in [9.17, 15) is 4.79 Å². The summed E-state index contributed by atoms with van der Waals surface area (Å²) in [6.07, 6.45) is 10.5. The quantitative estimate of drug-likeness (QED) is 0.844. The number of carbonyl (C=O) groups excluding carboxylic acids is 1. The normalized spacial score (nSPS) is 32.2. The van der Waals surface area contributed by atoms with E-state index in [2.05, 4.69) is 22.0 Å². The fraction of sp³-hybridized carbons (Fsp3) is 0.941. The van der Waals surface area contributed by atoms with E-state index < -0.39 is 0 Å². The Balaban J connectivity index is 1.59. The van der Waals surface area contributed by atoms with Crippen LogP contribution in [0.3, 0.4) is 0 Å². The molecular weight excluding hydrogens is 262 g/mol. The van der Waals surface area contributed by atoms with Gasteiger partial charge in [-0.3, -0.25) is 10.1 Å². The van der Waals surface area contributed by atoms with E-state index in [0.29, 0.717) is 18.0 Å². The molecular formula is C17H31N3O. The van der Waals surface area contributed by atoms with Crippen LogP contribution in [0.2, 0.25) is 0 Å². The van der Waals surface area contributed by atoms with Crippen molar-refractivity contribution in [2.45, 2.75) is 70.5 Å². The van der Waals surface area contributed by atoms with Gasteiger partial charge in [0, 0.05) is 13.1 Å². The number of likely N-dealkylation sites (tertiary alicyclic amines) is 1. The van der Waals surface area contributed by atoms with Crippen LogP contribution in [0.5, 0.6) is 0 Å². The molecule has 120 valence electrons. The van der Waals surface area contributed by atoms with Crippen molar-refractivity contribution >= 4 is 5.91 Å². The molecule has 2 aliphatic heterocycles. The van der Waals surface area contributed by atoms with Crippen molar-refractivity contribution in [3.8, 4) is 0 Å². The molecule has 2 unspecified atom stereocenters. The van der Waals surface area contributed by atoms with Gasteiger partial charge in [-0.15, -0.1) is 0 Å². The Labute approximate surface area is 129 Å². The van der Waals surface area contributed by atoms with Gasteiger partial charge in [0.2, 0.25) is 5.91 Å².